The quantitative estimate of drug-likeness (QED) is 0.714. The zero-order chi connectivity index (χ0) is 17.8. The third kappa shape index (κ3) is 4.07. The Bertz CT molecular complexity index is 888. The lowest BCUT2D eigenvalue weighted by atomic mass is 10.1. The highest BCUT2D eigenvalue weighted by Gasteiger charge is 2.13. The lowest BCUT2D eigenvalue weighted by molar-refractivity contribution is -0.111. The lowest BCUT2D eigenvalue weighted by Gasteiger charge is -2.06. The first kappa shape index (κ1) is 16.8. The zero-order valence-corrected chi connectivity index (χ0v) is 14.6. The van der Waals surface area contributed by atoms with E-state index in [1.807, 2.05) is 18.5 Å². The number of furan rings is 1. The smallest absolute Gasteiger partial charge is 0.248 e. The SMILES string of the molecule is Cc1ccc(Cn2nc(C)c(NC(=O)/C=C/c3ccco3)c2C)cc1. The Morgan fingerprint density at radius 3 is 2.64 bits per heavy atom. The lowest BCUT2D eigenvalue weighted by Crippen LogP contribution is -2.10. The number of nitrogens with zero attached hydrogens (tertiary/aromatic N) is 2. The molecular weight excluding hydrogens is 314 g/mol. The summed E-state index contributed by atoms with van der Waals surface area (Å²) in [5.41, 5.74) is 4.88. The fourth-order valence-corrected chi connectivity index (χ4v) is 2.61. The summed E-state index contributed by atoms with van der Waals surface area (Å²) < 4.78 is 7.09. The van der Waals surface area contributed by atoms with Crippen molar-refractivity contribution in [1.82, 2.24) is 9.78 Å². The third-order valence-corrected chi connectivity index (χ3v) is 4.02. The van der Waals surface area contributed by atoms with Crippen LogP contribution in [0.4, 0.5) is 5.69 Å². The number of benzene rings is 1. The van der Waals surface area contributed by atoms with Crippen LogP contribution in [0.2, 0.25) is 0 Å². The highest BCUT2D eigenvalue weighted by molar-refractivity contribution is 6.02. The molecule has 5 heteroatoms. The first-order valence-electron chi connectivity index (χ1n) is 8.15. The van der Waals surface area contributed by atoms with E-state index in [1.165, 1.54) is 17.2 Å². The van der Waals surface area contributed by atoms with Crippen LogP contribution >= 0.6 is 0 Å². The molecule has 2 aromatic heterocycles. The van der Waals surface area contributed by atoms with Crippen LogP contribution in [0.3, 0.4) is 0 Å². The molecule has 2 heterocycles. The van der Waals surface area contributed by atoms with Gasteiger partial charge in [0.15, 0.2) is 0 Å². The monoisotopic (exact) mass is 335 g/mol. The highest BCUT2D eigenvalue weighted by Crippen LogP contribution is 2.20. The maximum absolute atomic E-state index is 12.1. The summed E-state index contributed by atoms with van der Waals surface area (Å²) in [5, 5.41) is 7.46. The Labute approximate surface area is 147 Å². The van der Waals surface area contributed by atoms with Crippen LogP contribution in [0, 0.1) is 20.8 Å². The molecule has 1 aromatic carbocycles. The molecule has 0 aliphatic rings. The van der Waals surface area contributed by atoms with Crippen LogP contribution in [-0.4, -0.2) is 15.7 Å². The van der Waals surface area contributed by atoms with Gasteiger partial charge >= 0.3 is 0 Å². The van der Waals surface area contributed by atoms with Crippen molar-refractivity contribution in [2.24, 2.45) is 0 Å². The van der Waals surface area contributed by atoms with Gasteiger partial charge in [0.05, 0.1) is 29.9 Å². The van der Waals surface area contributed by atoms with Gasteiger partial charge in [0.2, 0.25) is 5.91 Å². The number of aryl methyl sites for hydroxylation is 2. The third-order valence-electron chi connectivity index (χ3n) is 4.02. The summed E-state index contributed by atoms with van der Waals surface area (Å²) >= 11 is 0. The molecular formula is C20H21N3O2. The molecule has 1 amide bonds. The van der Waals surface area contributed by atoms with Crippen molar-refractivity contribution in [3.05, 3.63) is 77.0 Å². The molecule has 0 unspecified atom stereocenters. The van der Waals surface area contributed by atoms with Gasteiger partial charge in [-0.3, -0.25) is 9.48 Å². The first-order chi connectivity index (χ1) is 12.0. The molecule has 1 N–H and O–H groups in total. The summed E-state index contributed by atoms with van der Waals surface area (Å²) in [6.07, 6.45) is 4.66. The molecule has 0 spiro atoms. The number of nitrogens with one attached hydrogen (secondary N) is 1. The van der Waals surface area contributed by atoms with E-state index >= 15 is 0 Å². The Kier molecular flexibility index (Phi) is 4.84. The second-order valence-electron chi connectivity index (χ2n) is 6.03. The van der Waals surface area contributed by atoms with Crippen molar-refractivity contribution in [1.29, 1.82) is 0 Å². The Hall–Kier alpha value is -3.08. The van der Waals surface area contributed by atoms with Crippen molar-refractivity contribution in [2.45, 2.75) is 27.3 Å². The van der Waals surface area contributed by atoms with Crippen LogP contribution in [-0.2, 0) is 11.3 Å². The van der Waals surface area contributed by atoms with Crippen molar-refractivity contribution < 1.29 is 9.21 Å². The fraction of sp³-hybridized carbons (Fsp3) is 0.200. The average molecular weight is 335 g/mol. The number of aromatic nitrogens is 2. The molecule has 0 aliphatic heterocycles. The molecule has 3 rings (SSSR count). The van der Waals surface area contributed by atoms with Gasteiger partial charge in [-0.2, -0.15) is 5.10 Å². The van der Waals surface area contributed by atoms with E-state index in [0.29, 0.717) is 12.3 Å². The van der Waals surface area contributed by atoms with Crippen molar-refractivity contribution >= 4 is 17.7 Å². The molecule has 0 bridgehead atoms. The molecule has 0 aliphatic carbocycles. The van der Waals surface area contributed by atoms with Gasteiger partial charge in [-0.25, -0.2) is 0 Å². The number of hydrogen-bond acceptors (Lipinski definition) is 3. The van der Waals surface area contributed by atoms with E-state index < -0.39 is 0 Å². The minimum atomic E-state index is -0.211. The standard InChI is InChI=1S/C20H21N3O2/c1-14-6-8-17(9-7-14)13-23-16(3)20(15(2)22-23)21-19(24)11-10-18-5-4-12-25-18/h4-12H,13H2,1-3H3,(H,21,24)/b11-10+. The molecule has 128 valence electrons. The summed E-state index contributed by atoms with van der Waals surface area (Å²) in [7, 11) is 0. The zero-order valence-electron chi connectivity index (χ0n) is 14.6. The minimum Gasteiger partial charge on any atom is -0.465 e. The summed E-state index contributed by atoms with van der Waals surface area (Å²) in [6, 6.07) is 11.9. The summed E-state index contributed by atoms with van der Waals surface area (Å²) in [6.45, 7) is 6.59. The van der Waals surface area contributed by atoms with Gasteiger partial charge in [0.25, 0.3) is 0 Å². The Morgan fingerprint density at radius 1 is 1.20 bits per heavy atom. The molecule has 0 fully saturated rings. The van der Waals surface area contributed by atoms with Gasteiger partial charge in [-0.05, 0) is 44.5 Å². The van der Waals surface area contributed by atoms with E-state index in [2.05, 4.69) is 41.6 Å². The summed E-state index contributed by atoms with van der Waals surface area (Å²) in [5.74, 6) is 0.427. The number of carbonyl (C=O) groups excluding carboxylic acids is 1. The van der Waals surface area contributed by atoms with Crippen LogP contribution in [0.5, 0.6) is 0 Å². The highest BCUT2D eigenvalue weighted by atomic mass is 16.3. The number of rotatable bonds is 5. The molecule has 5 nitrogen and oxygen atoms in total. The van der Waals surface area contributed by atoms with Gasteiger partial charge in [-0.1, -0.05) is 29.8 Å². The fourth-order valence-electron chi connectivity index (χ4n) is 2.61. The van der Waals surface area contributed by atoms with E-state index in [0.717, 1.165) is 17.1 Å². The van der Waals surface area contributed by atoms with E-state index in [4.69, 9.17) is 4.42 Å². The maximum Gasteiger partial charge on any atom is 0.248 e. The second-order valence-corrected chi connectivity index (χ2v) is 6.03. The normalized spacial score (nSPS) is 11.2. The molecule has 25 heavy (non-hydrogen) atoms. The van der Waals surface area contributed by atoms with Crippen molar-refractivity contribution in [3.8, 4) is 0 Å². The Morgan fingerprint density at radius 2 is 1.96 bits per heavy atom. The van der Waals surface area contributed by atoms with E-state index in [1.54, 1.807) is 24.5 Å². The van der Waals surface area contributed by atoms with Crippen LogP contribution in [0.15, 0.2) is 53.2 Å². The average Bonchev–Trinajstić information content (AvgIpc) is 3.19. The van der Waals surface area contributed by atoms with Gasteiger partial charge in [-0.15, -0.1) is 0 Å². The predicted octanol–water partition coefficient (Wildman–Crippen LogP) is 4.10. The van der Waals surface area contributed by atoms with Gasteiger partial charge < -0.3 is 9.73 Å². The number of amides is 1. The van der Waals surface area contributed by atoms with Crippen LogP contribution in [0.1, 0.15) is 28.3 Å². The minimum absolute atomic E-state index is 0.211. The van der Waals surface area contributed by atoms with Gasteiger partial charge in [0.1, 0.15) is 5.76 Å². The number of hydrogen-bond donors (Lipinski definition) is 1. The van der Waals surface area contributed by atoms with Gasteiger partial charge in [0, 0.05) is 6.08 Å². The van der Waals surface area contributed by atoms with Crippen molar-refractivity contribution in [2.75, 3.05) is 5.32 Å². The Balaban J connectivity index is 1.73. The largest absolute Gasteiger partial charge is 0.465 e. The molecule has 0 saturated heterocycles. The maximum atomic E-state index is 12.1. The second kappa shape index (κ2) is 7.21. The molecule has 3 aromatic rings. The van der Waals surface area contributed by atoms with Crippen LogP contribution < -0.4 is 5.32 Å². The van der Waals surface area contributed by atoms with Crippen LogP contribution in [0.25, 0.3) is 6.08 Å². The first-order valence-corrected chi connectivity index (χ1v) is 8.15. The molecule has 0 radical (unpaired) electrons. The van der Waals surface area contributed by atoms with Crippen molar-refractivity contribution in [3.63, 3.8) is 0 Å². The number of anilines is 1. The number of carbonyl (C=O) groups is 1. The summed E-state index contributed by atoms with van der Waals surface area (Å²) in [4.78, 5) is 12.1. The molecule has 0 atom stereocenters. The van der Waals surface area contributed by atoms with E-state index in [9.17, 15) is 4.79 Å². The van der Waals surface area contributed by atoms with E-state index in [-0.39, 0.29) is 5.91 Å². The topological polar surface area (TPSA) is 60.1 Å². The predicted molar refractivity (Wildman–Crippen MR) is 98.4 cm³/mol. The molecule has 0 saturated carbocycles.